The van der Waals surface area contributed by atoms with Crippen molar-refractivity contribution in [1.82, 2.24) is 19.8 Å². The van der Waals surface area contributed by atoms with Gasteiger partial charge in [0.15, 0.2) is 0 Å². The number of aryl methyl sites for hydroxylation is 2. The highest BCUT2D eigenvalue weighted by Crippen LogP contribution is 2.20. The Morgan fingerprint density at radius 1 is 1.12 bits per heavy atom. The van der Waals surface area contributed by atoms with Crippen LogP contribution in [-0.2, 0) is 6.42 Å². The average Bonchev–Trinajstić information content (AvgIpc) is 2.57. The van der Waals surface area contributed by atoms with Gasteiger partial charge in [-0.05, 0) is 51.1 Å². The van der Waals surface area contributed by atoms with E-state index in [2.05, 4.69) is 38.9 Å². The van der Waals surface area contributed by atoms with Crippen LogP contribution >= 0.6 is 0 Å². The lowest BCUT2D eigenvalue weighted by Crippen LogP contribution is -2.44. The molecule has 0 radical (unpaired) electrons. The van der Waals surface area contributed by atoms with Crippen LogP contribution in [0.4, 0.5) is 0 Å². The van der Waals surface area contributed by atoms with E-state index in [1.165, 1.54) is 44.7 Å². The molecule has 5 heteroatoms. The zero-order valence-corrected chi connectivity index (χ0v) is 14.6. The third kappa shape index (κ3) is 5.01. The lowest BCUT2D eigenvalue weighted by molar-refractivity contribution is 0.153. The fourth-order valence-corrected chi connectivity index (χ4v) is 2.95. The minimum absolute atomic E-state index is 0.546. The summed E-state index contributed by atoms with van der Waals surface area (Å²) in [5.41, 5.74) is 2.16. The van der Waals surface area contributed by atoms with Crippen molar-refractivity contribution in [3.8, 4) is 11.6 Å². The van der Waals surface area contributed by atoms with Crippen molar-refractivity contribution in [2.45, 2.75) is 19.8 Å². The second-order valence-corrected chi connectivity index (χ2v) is 6.50. The molecule has 0 unspecified atom stereocenters. The van der Waals surface area contributed by atoms with Crippen LogP contribution in [0.1, 0.15) is 17.7 Å². The number of nitrogens with zero attached hydrogens (tertiary/aromatic N) is 4. The van der Waals surface area contributed by atoms with Crippen LogP contribution in [0, 0.1) is 6.92 Å². The maximum atomic E-state index is 5.82. The number of ether oxygens (including phenoxy) is 1. The van der Waals surface area contributed by atoms with E-state index in [0.717, 1.165) is 17.9 Å². The smallest absolute Gasteiger partial charge is 0.238 e. The lowest BCUT2D eigenvalue weighted by atomic mass is 10.1. The molecule has 1 aromatic heterocycles. The standard InChI is InChI=1S/C19H26N4O/c1-16-14-20-15-19(21-16)24-18-7-3-5-17(13-18)6-4-8-23-11-9-22(2)10-12-23/h3,5,7,13-15H,4,6,8-12H2,1-2H3. The van der Waals surface area contributed by atoms with Gasteiger partial charge in [-0.2, -0.15) is 0 Å². The Balaban J connectivity index is 1.50. The van der Waals surface area contributed by atoms with E-state index in [9.17, 15) is 0 Å². The molecular weight excluding hydrogens is 300 g/mol. The number of likely N-dealkylation sites (N-methyl/N-ethyl adjacent to an activating group) is 1. The van der Waals surface area contributed by atoms with Crippen molar-refractivity contribution < 1.29 is 4.74 Å². The third-order valence-electron chi connectivity index (χ3n) is 4.39. The van der Waals surface area contributed by atoms with E-state index in [-0.39, 0.29) is 0 Å². The predicted molar refractivity (Wildman–Crippen MR) is 95.5 cm³/mol. The molecule has 5 nitrogen and oxygen atoms in total. The Kier molecular flexibility index (Phi) is 5.77. The summed E-state index contributed by atoms with van der Waals surface area (Å²) in [6.07, 6.45) is 5.62. The second kappa shape index (κ2) is 8.22. The highest BCUT2D eigenvalue weighted by Gasteiger charge is 2.12. The Morgan fingerprint density at radius 2 is 1.96 bits per heavy atom. The molecule has 1 aromatic carbocycles. The van der Waals surface area contributed by atoms with Gasteiger partial charge in [0, 0.05) is 32.4 Å². The molecule has 1 aliphatic rings. The van der Waals surface area contributed by atoms with Gasteiger partial charge < -0.3 is 14.5 Å². The minimum Gasteiger partial charge on any atom is -0.437 e. The largest absolute Gasteiger partial charge is 0.437 e. The molecule has 1 fully saturated rings. The molecule has 0 amide bonds. The van der Waals surface area contributed by atoms with Crippen LogP contribution in [0.15, 0.2) is 36.7 Å². The molecule has 0 N–H and O–H groups in total. The van der Waals surface area contributed by atoms with E-state index in [1.54, 1.807) is 12.4 Å². The molecular formula is C19H26N4O. The number of aromatic nitrogens is 2. The summed E-state index contributed by atoms with van der Waals surface area (Å²) in [4.78, 5) is 13.4. The second-order valence-electron chi connectivity index (χ2n) is 6.50. The fourth-order valence-electron chi connectivity index (χ4n) is 2.95. The highest BCUT2D eigenvalue weighted by molar-refractivity contribution is 5.31. The molecule has 0 bridgehead atoms. The fraction of sp³-hybridized carbons (Fsp3) is 0.474. The van der Waals surface area contributed by atoms with Gasteiger partial charge in [-0.3, -0.25) is 4.98 Å². The first kappa shape index (κ1) is 16.9. The monoisotopic (exact) mass is 326 g/mol. The van der Waals surface area contributed by atoms with Gasteiger partial charge in [0.05, 0.1) is 11.9 Å². The van der Waals surface area contributed by atoms with Gasteiger partial charge in [0.2, 0.25) is 5.88 Å². The first-order valence-electron chi connectivity index (χ1n) is 8.65. The molecule has 24 heavy (non-hydrogen) atoms. The summed E-state index contributed by atoms with van der Waals surface area (Å²) in [7, 11) is 2.20. The number of hydrogen-bond donors (Lipinski definition) is 0. The summed E-state index contributed by atoms with van der Waals surface area (Å²) >= 11 is 0. The van der Waals surface area contributed by atoms with Crippen LogP contribution in [0.25, 0.3) is 0 Å². The number of hydrogen-bond acceptors (Lipinski definition) is 5. The van der Waals surface area contributed by atoms with Gasteiger partial charge in [-0.25, -0.2) is 4.98 Å². The number of piperazine rings is 1. The lowest BCUT2D eigenvalue weighted by Gasteiger charge is -2.32. The third-order valence-corrected chi connectivity index (χ3v) is 4.39. The maximum Gasteiger partial charge on any atom is 0.238 e. The molecule has 128 valence electrons. The number of benzene rings is 1. The van der Waals surface area contributed by atoms with Crippen LogP contribution in [0.3, 0.4) is 0 Å². The van der Waals surface area contributed by atoms with Gasteiger partial charge >= 0.3 is 0 Å². The van der Waals surface area contributed by atoms with Gasteiger partial charge in [0.1, 0.15) is 5.75 Å². The predicted octanol–water partition coefficient (Wildman–Crippen LogP) is 2.76. The van der Waals surface area contributed by atoms with Gasteiger partial charge in [-0.1, -0.05) is 12.1 Å². The Labute approximate surface area is 144 Å². The van der Waals surface area contributed by atoms with Crippen molar-refractivity contribution in [3.63, 3.8) is 0 Å². The van der Waals surface area contributed by atoms with E-state index >= 15 is 0 Å². The first-order chi connectivity index (χ1) is 11.7. The maximum absolute atomic E-state index is 5.82. The van der Waals surface area contributed by atoms with Gasteiger partial charge in [-0.15, -0.1) is 0 Å². The molecule has 0 saturated carbocycles. The van der Waals surface area contributed by atoms with Crippen molar-refractivity contribution >= 4 is 0 Å². The van der Waals surface area contributed by atoms with E-state index in [4.69, 9.17) is 4.74 Å². The summed E-state index contributed by atoms with van der Waals surface area (Å²) < 4.78 is 5.82. The van der Waals surface area contributed by atoms with Crippen LogP contribution in [0.5, 0.6) is 11.6 Å². The molecule has 1 saturated heterocycles. The van der Waals surface area contributed by atoms with Crippen molar-refractivity contribution in [2.24, 2.45) is 0 Å². The van der Waals surface area contributed by atoms with Crippen LogP contribution in [-0.4, -0.2) is 59.5 Å². The summed E-state index contributed by atoms with van der Waals surface area (Å²) in [6.45, 7) is 7.82. The number of rotatable bonds is 6. The Hall–Kier alpha value is -1.98. The van der Waals surface area contributed by atoms with Crippen molar-refractivity contribution in [2.75, 3.05) is 39.8 Å². The average molecular weight is 326 g/mol. The van der Waals surface area contributed by atoms with Gasteiger partial charge in [0.25, 0.3) is 0 Å². The minimum atomic E-state index is 0.546. The molecule has 1 aliphatic heterocycles. The zero-order chi connectivity index (χ0) is 16.8. The SMILES string of the molecule is Cc1cncc(Oc2cccc(CCCN3CCN(C)CC3)c2)n1. The van der Waals surface area contributed by atoms with Crippen LogP contribution in [0.2, 0.25) is 0 Å². The normalized spacial score (nSPS) is 16.2. The quantitative estimate of drug-likeness (QED) is 0.816. The molecule has 2 heterocycles. The highest BCUT2D eigenvalue weighted by atomic mass is 16.5. The summed E-state index contributed by atoms with van der Waals surface area (Å²) in [5.74, 6) is 1.37. The van der Waals surface area contributed by atoms with Crippen molar-refractivity contribution in [1.29, 1.82) is 0 Å². The van der Waals surface area contributed by atoms with E-state index in [0.29, 0.717) is 5.88 Å². The molecule has 0 spiro atoms. The zero-order valence-electron chi connectivity index (χ0n) is 14.6. The Morgan fingerprint density at radius 3 is 2.75 bits per heavy atom. The van der Waals surface area contributed by atoms with E-state index in [1.807, 2.05) is 19.1 Å². The topological polar surface area (TPSA) is 41.5 Å². The van der Waals surface area contributed by atoms with Crippen molar-refractivity contribution in [3.05, 3.63) is 47.9 Å². The first-order valence-corrected chi connectivity index (χ1v) is 8.65. The van der Waals surface area contributed by atoms with Crippen LogP contribution < -0.4 is 4.74 Å². The molecule has 3 rings (SSSR count). The molecule has 0 atom stereocenters. The summed E-state index contributed by atoms with van der Waals surface area (Å²) in [6, 6.07) is 8.28. The Bertz CT molecular complexity index is 653. The summed E-state index contributed by atoms with van der Waals surface area (Å²) in [5, 5.41) is 0. The molecule has 0 aliphatic carbocycles. The molecule has 2 aromatic rings. The van der Waals surface area contributed by atoms with E-state index < -0.39 is 0 Å².